The summed E-state index contributed by atoms with van der Waals surface area (Å²) in [4.78, 5) is 16.5. The van der Waals surface area contributed by atoms with Gasteiger partial charge in [-0.25, -0.2) is 4.39 Å². The Kier molecular flexibility index (Phi) is 4.52. The third-order valence-electron chi connectivity index (χ3n) is 3.09. The first-order chi connectivity index (χ1) is 10.0. The molecule has 0 aliphatic heterocycles. The number of amides is 1. The van der Waals surface area contributed by atoms with Crippen molar-refractivity contribution in [2.24, 2.45) is 0 Å². The number of anilines is 2. The Labute approximate surface area is 123 Å². The minimum atomic E-state index is -0.323. The van der Waals surface area contributed by atoms with E-state index in [1.54, 1.807) is 19.2 Å². The van der Waals surface area contributed by atoms with Gasteiger partial charge in [0.2, 0.25) is 0 Å². The molecular formula is C16H18FN3O. The zero-order valence-electron chi connectivity index (χ0n) is 12.3. The number of benzene rings is 1. The largest absolute Gasteiger partial charge is 0.385 e. The Morgan fingerprint density at radius 2 is 2.00 bits per heavy atom. The van der Waals surface area contributed by atoms with Gasteiger partial charge in [0.25, 0.3) is 5.91 Å². The van der Waals surface area contributed by atoms with E-state index in [-0.39, 0.29) is 11.7 Å². The second kappa shape index (κ2) is 6.35. The molecule has 2 N–H and O–H groups in total. The molecule has 1 heterocycles. The van der Waals surface area contributed by atoms with E-state index in [1.807, 2.05) is 19.9 Å². The lowest BCUT2D eigenvalue weighted by atomic mass is 10.1. The van der Waals surface area contributed by atoms with Gasteiger partial charge in [-0.1, -0.05) is 0 Å². The Morgan fingerprint density at radius 3 is 2.67 bits per heavy atom. The molecule has 0 radical (unpaired) electrons. The Bertz CT molecular complexity index is 671. The lowest BCUT2D eigenvalue weighted by Gasteiger charge is -2.12. The maximum Gasteiger partial charge on any atom is 0.259 e. The Hall–Kier alpha value is -2.43. The second-order valence-electron chi connectivity index (χ2n) is 4.81. The first kappa shape index (κ1) is 15.0. The zero-order valence-corrected chi connectivity index (χ0v) is 12.3. The van der Waals surface area contributed by atoms with Crippen LogP contribution in [0, 0.1) is 19.7 Å². The third kappa shape index (κ3) is 3.56. The number of nitrogens with one attached hydrogen (secondary N) is 2. The molecule has 110 valence electrons. The van der Waals surface area contributed by atoms with Crippen molar-refractivity contribution in [3.05, 3.63) is 53.1 Å². The Balaban J connectivity index is 2.28. The van der Waals surface area contributed by atoms with Crippen molar-refractivity contribution < 1.29 is 9.18 Å². The van der Waals surface area contributed by atoms with Crippen LogP contribution in [0.25, 0.3) is 0 Å². The number of carbonyl (C=O) groups is 1. The van der Waals surface area contributed by atoms with Crippen molar-refractivity contribution in [2.45, 2.75) is 20.8 Å². The van der Waals surface area contributed by atoms with Crippen molar-refractivity contribution in [1.82, 2.24) is 4.98 Å². The number of hydrogen-bond donors (Lipinski definition) is 2. The lowest BCUT2D eigenvalue weighted by Crippen LogP contribution is -2.16. The predicted octanol–water partition coefficient (Wildman–Crippen LogP) is 3.52. The lowest BCUT2D eigenvalue weighted by molar-refractivity contribution is 0.102. The monoisotopic (exact) mass is 287 g/mol. The molecule has 0 spiro atoms. The summed E-state index contributed by atoms with van der Waals surface area (Å²) in [5.41, 5.74) is 3.30. The standard InChI is InChI=1S/C16H18FN3O/c1-4-18-15-8-11(3)19-9-13(15)16(21)20-14-6-5-12(17)7-10(14)2/h5-9H,4H2,1-3H3,(H,18,19)(H,20,21). The molecule has 0 saturated carbocycles. The van der Waals surface area contributed by atoms with Crippen molar-refractivity contribution >= 4 is 17.3 Å². The summed E-state index contributed by atoms with van der Waals surface area (Å²) in [7, 11) is 0. The van der Waals surface area contributed by atoms with E-state index in [0.29, 0.717) is 23.4 Å². The van der Waals surface area contributed by atoms with Gasteiger partial charge in [0.1, 0.15) is 5.82 Å². The van der Waals surface area contributed by atoms with Crippen molar-refractivity contribution in [3.63, 3.8) is 0 Å². The highest BCUT2D eigenvalue weighted by atomic mass is 19.1. The molecule has 0 aliphatic carbocycles. The molecular weight excluding hydrogens is 269 g/mol. The summed E-state index contributed by atoms with van der Waals surface area (Å²) in [6, 6.07) is 6.09. The molecule has 0 saturated heterocycles. The number of halogens is 1. The summed E-state index contributed by atoms with van der Waals surface area (Å²) < 4.78 is 13.1. The van der Waals surface area contributed by atoms with Crippen LogP contribution in [-0.2, 0) is 0 Å². The molecule has 2 rings (SSSR count). The number of carbonyl (C=O) groups excluding carboxylic acids is 1. The van der Waals surface area contributed by atoms with E-state index in [2.05, 4.69) is 15.6 Å². The topological polar surface area (TPSA) is 54.0 Å². The highest BCUT2D eigenvalue weighted by molar-refractivity contribution is 6.08. The molecule has 0 unspecified atom stereocenters. The smallest absolute Gasteiger partial charge is 0.259 e. The zero-order chi connectivity index (χ0) is 15.4. The summed E-state index contributed by atoms with van der Waals surface area (Å²) in [5.74, 6) is -0.594. The van der Waals surface area contributed by atoms with Gasteiger partial charge < -0.3 is 10.6 Å². The van der Waals surface area contributed by atoms with Crippen LogP contribution in [0.5, 0.6) is 0 Å². The fourth-order valence-electron chi connectivity index (χ4n) is 2.03. The van der Waals surface area contributed by atoms with Crippen LogP contribution >= 0.6 is 0 Å². The SMILES string of the molecule is CCNc1cc(C)ncc1C(=O)Nc1ccc(F)cc1C. The average molecular weight is 287 g/mol. The molecule has 21 heavy (non-hydrogen) atoms. The van der Waals surface area contributed by atoms with Gasteiger partial charge in [-0.2, -0.15) is 0 Å². The molecule has 1 aromatic heterocycles. The maximum atomic E-state index is 13.1. The quantitative estimate of drug-likeness (QED) is 0.904. The van der Waals surface area contributed by atoms with Crippen molar-refractivity contribution in [1.29, 1.82) is 0 Å². The number of pyridine rings is 1. The number of rotatable bonds is 4. The van der Waals surface area contributed by atoms with Crippen LogP contribution in [0.4, 0.5) is 15.8 Å². The summed E-state index contributed by atoms with van der Waals surface area (Å²) >= 11 is 0. The van der Waals surface area contributed by atoms with Crippen molar-refractivity contribution in [2.75, 3.05) is 17.2 Å². The predicted molar refractivity (Wildman–Crippen MR) is 82.2 cm³/mol. The molecule has 1 aromatic carbocycles. The molecule has 5 heteroatoms. The third-order valence-corrected chi connectivity index (χ3v) is 3.09. The minimum absolute atomic E-state index is 0.270. The van der Waals surface area contributed by atoms with Crippen LogP contribution in [0.3, 0.4) is 0 Å². The Morgan fingerprint density at radius 1 is 1.24 bits per heavy atom. The van der Waals surface area contributed by atoms with Gasteiger partial charge in [-0.3, -0.25) is 9.78 Å². The first-order valence-corrected chi connectivity index (χ1v) is 6.79. The van der Waals surface area contributed by atoms with Gasteiger partial charge in [-0.05, 0) is 50.6 Å². The summed E-state index contributed by atoms with van der Waals surface area (Å²) in [6.45, 7) is 6.28. The molecule has 0 aliphatic rings. The molecule has 0 bridgehead atoms. The second-order valence-corrected chi connectivity index (χ2v) is 4.81. The van der Waals surface area contributed by atoms with Crippen molar-refractivity contribution in [3.8, 4) is 0 Å². The van der Waals surface area contributed by atoms with Gasteiger partial charge >= 0.3 is 0 Å². The van der Waals surface area contributed by atoms with Crippen LogP contribution in [0.1, 0.15) is 28.5 Å². The first-order valence-electron chi connectivity index (χ1n) is 6.79. The van der Waals surface area contributed by atoms with Gasteiger partial charge in [-0.15, -0.1) is 0 Å². The molecule has 1 amide bonds. The maximum absolute atomic E-state index is 13.1. The molecule has 2 aromatic rings. The average Bonchev–Trinajstić information content (AvgIpc) is 2.42. The van der Waals surface area contributed by atoms with Gasteiger partial charge in [0, 0.05) is 24.1 Å². The molecule has 0 atom stereocenters. The normalized spacial score (nSPS) is 10.3. The van der Waals surface area contributed by atoms with E-state index < -0.39 is 0 Å². The molecule has 0 fully saturated rings. The highest BCUT2D eigenvalue weighted by Crippen LogP contribution is 2.20. The highest BCUT2D eigenvalue weighted by Gasteiger charge is 2.13. The van der Waals surface area contributed by atoms with E-state index >= 15 is 0 Å². The van der Waals surface area contributed by atoms with Crippen LogP contribution < -0.4 is 10.6 Å². The number of nitrogens with zero attached hydrogens (tertiary/aromatic N) is 1. The fraction of sp³-hybridized carbons (Fsp3) is 0.250. The van der Waals surface area contributed by atoms with Crippen LogP contribution in [0.2, 0.25) is 0 Å². The van der Waals surface area contributed by atoms with Crippen LogP contribution in [0.15, 0.2) is 30.5 Å². The fourth-order valence-corrected chi connectivity index (χ4v) is 2.03. The summed E-state index contributed by atoms with van der Waals surface area (Å²) in [5, 5.41) is 5.93. The number of aryl methyl sites for hydroxylation is 2. The molecule has 4 nitrogen and oxygen atoms in total. The van der Waals surface area contributed by atoms with E-state index in [4.69, 9.17) is 0 Å². The van der Waals surface area contributed by atoms with Gasteiger partial charge in [0.05, 0.1) is 11.3 Å². The minimum Gasteiger partial charge on any atom is -0.385 e. The summed E-state index contributed by atoms with van der Waals surface area (Å²) in [6.07, 6.45) is 1.54. The van der Waals surface area contributed by atoms with E-state index in [0.717, 1.165) is 11.4 Å². The van der Waals surface area contributed by atoms with Crippen LogP contribution in [-0.4, -0.2) is 17.4 Å². The number of hydrogen-bond acceptors (Lipinski definition) is 3. The van der Waals surface area contributed by atoms with Gasteiger partial charge in [0.15, 0.2) is 0 Å². The van der Waals surface area contributed by atoms with E-state index in [9.17, 15) is 9.18 Å². The van der Waals surface area contributed by atoms with E-state index in [1.165, 1.54) is 12.1 Å². The number of aromatic nitrogens is 1.